The molecule has 1 aromatic heterocycles. The molecule has 2 N–H and O–H groups in total. The molecule has 0 spiro atoms. The first-order valence-corrected chi connectivity index (χ1v) is 9.80. The number of carbonyl (C=O) groups excluding carboxylic acids is 2. The van der Waals surface area contributed by atoms with Crippen molar-refractivity contribution in [3.63, 3.8) is 0 Å². The first kappa shape index (κ1) is 18.0. The minimum absolute atomic E-state index is 0.0343. The number of benzene rings is 1. The molecule has 0 radical (unpaired) electrons. The third kappa shape index (κ3) is 3.98. The van der Waals surface area contributed by atoms with E-state index in [0.717, 1.165) is 43.1 Å². The number of para-hydroxylation sites is 1. The van der Waals surface area contributed by atoms with Crippen molar-refractivity contribution in [2.45, 2.75) is 25.7 Å². The number of aromatic amines is 1. The Morgan fingerprint density at radius 1 is 1.22 bits per heavy atom. The fraction of sp³-hybridized carbons (Fsp3) is 0.550. The average molecular weight is 370 g/mol. The largest absolute Gasteiger partial charge is 0.381 e. The smallest absolute Gasteiger partial charge is 0.275 e. The Morgan fingerprint density at radius 3 is 2.89 bits per heavy atom. The number of carbonyl (C=O) groups is 2. The van der Waals surface area contributed by atoms with Gasteiger partial charge in [-0.2, -0.15) is 5.10 Å². The summed E-state index contributed by atoms with van der Waals surface area (Å²) in [5.41, 5.74) is 1.36. The fourth-order valence-corrected chi connectivity index (χ4v) is 4.04. The number of hydrogen-bond donors (Lipinski definition) is 2. The molecule has 1 atom stereocenters. The Hall–Kier alpha value is -2.41. The van der Waals surface area contributed by atoms with Crippen molar-refractivity contribution >= 4 is 22.7 Å². The summed E-state index contributed by atoms with van der Waals surface area (Å²) in [5.74, 6) is 0.445. The first-order chi connectivity index (χ1) is 13.2. The second-order valence-corrected chi connectivity index (χ2v) is 7.51. The molecule has 144 valence electrons. The number of fused-ring (bicyclic) bond motifs is 1. The van der Waals surface area contributed by atoms with Gasteiger partial charge in [-0.3, -0.25) is 14.7 Å². The quantitative estimate of drug-likeness (QED) is 0.861. The lowest BCUT2D eigenvalue weighted by Gasteiger charge is -2.33. The van der Waals surface area contributed by atoms with Gasteiger partial charge in [0.2, 0.25) is 5.91 Å². The molecule has 2 saturated heterocycles. The van der Waals surface area contributed by atoms with Gasteiger partial charge in [0.15, 0.2) is 5.69 Å². The van der Waals surface area contributed by atoms with E-state index in [1.54, 1.807) is 0 Å². The van der Waals surface area contributed by atoms with Crippen LogP contribution in [-0.4, -0.2) is 59.8 Å². The summed E-state index contributed by atoms with van der Waals surface area (Å²) < 4.78 is 5.32. The maximum Gasteiger partial charge on any atom is 0.275 e. The van der Waals surface area contributed by atoms with Gasteiger partial charge < -0.3 is 15.0 Å². The third-order valence-electron chi connectivity index (χ3n) is 5.64. The van der Waals surface area contributed by atoms with Crippen LogP contribution in [0.5, 0.6) is 0 Å². The van der Waals surface area contributed by atoms with Crippen LogP contribution in [0.1, 0.15) is 36.2 Å². The van der Waals surface area contributed by atoms with E-state index in [1.807, 2.05) is 29.2 Å². The highest BCUT2D eigenvalue weighted by Gasteiger charge is 2.28. The topological polar surface area (TPSA) is 87.3 Å². The second kappa shape index (κ2) is 8.08. The molecule has 7 nitrogen and oxygen atoms in total. The van der Waals surface area contributed by atoms with E-state index in [0.29, 0.717) is 32.0 Å². The number of hydrogen-bond acceptors (Lipinski definition) is 4. The SMILES string of the molecule is O=C(NCC1CCCN(C(=O)c2n[nH]c3ccccc23)C1)C1CCOCC1. The van der Waals surface area contributed by atoms with Crippen molar-refractivity contribution in [2.24, 2.45) is 11.8 Å². The molecule has 3 heterocycles. The van der Waals surface area contributed by atoms with Crippen LogP contribution in [0.3, 0.4) is 0 Å². The molecule has 0 aliphatic carbocycles. The van der Waals surface area contributed by atoms with E-state index in [1.165, 1.54) is 0 Å². The molecule has 1 aromatic carbocycles. The van der Waals surface area contributed by atoms with Gasteiger partial charge in [-0.25, -0.2) is 0 Å². The number of rotatable bonds is 4. The molecule has 2 aliphatic rings. The number of amides is 2. The highest BCUT2D eigenvalue weighted by molar-refractivity contribution is 6.04. The molecule has 7 heteroatoms. The Labute approximate surface area is 158 Å². The van der Waals surface area contributed by atoms with Crippen molar-refractivity contribution < 1.29 is 14.3 Å². The van der Waals surface area contributed by atoms with Gasteiger partial charge in [0.05, 0.1) is 5.52 Å². The number of nitrogens with zero attached hydrogens (tertiary/aromatic N) is 2. The molecule has 4 rings (SSSR count). The summed E-state index contributed by atoms with van der Waals surface area (Å²) >= 11 is 0. The summed E-state index contributed by atoms with van der Waals surface area (Å²) in [6.07, 6.45) is 3.58. The van der Waals surface area contributed by atoms with Crippen LogP contribution < -0.4 is 5.32 Å². The van der Waals surface area contributed by atoms with Crippen molar-refractivity contribution in [3.8, 4) is 0 Å². The van der Waals surface area contributed by atoms with Crippen molar-refractivity contribution in [3.05, 3.63) is 30.0 Å². The predicted molar refractivity (Wildman–Crippen MR) is 101 cm³/mol. The van der Waals surface area contributed by atoms with Gasteiger partial charge in [-0.05, 0) is 37.7 Å². The Morgan fingerprint density at radius 2 is 2.04 bits per heavy atom. The van der Waals surface area contributed by atoms with Crippen LogP contribution in [0.2, 0.25) is 0 Å². The lowest BCUT2D eigenvalue weighted by Crippen LogP contribution is -2.45. The number of nitrogens with one attached hydrogen (secondary N) is 2. The molecular weight excluding hydrogens is 344 g/mol. The van der Waals surface area contributed by atoms with Gasteiger partial charge in [0, 0.05) is 44.2 Å². The standard InChI is InChI=1S/C20H26N4O3/c25-19(15-7-10-27-11-8-15)21-12-14-4-3-9-24(13-14)20(26)18-16-5-1-2-6-17(16)22-23-18/h1-2,5-6,14-15H,3-4,7-13H2,(H,21,25)(H,22,23). The number of likely N-dealkylation sites (tertiary alicyclic amines) is 1. The number of piperidine rings is 1. The molecule has 1 unspecified atom stereocenters. The lowest BCUT2D eigenvalue weighted by atomic mass is 9.96. The van der Waals surface area contributed by atoms with E-state index in [9.17, 15) is 9.59 Å². The minimum atomic E-state index is -0.0343. The predicted octanol–water partition coefficient (Wildman–Crippen LogP) is 1.96. The molecule has 0 saturated carbocycles. The molecule has 2 aliphatic heterocycles. The number of H-pyrrole nitrogens is 1. The molecule has 0 bridgehead atoms. The summed E-state index contributed by atoms with van der Waals surface area (Å²) in [6, 6.07) is 7.68. The summed E-state index contributed by atoms with van der Waals surface area (Å²) in [4.78, 5) is 27.1. The van der Waals surface area contributed by atoms with E-state index in [2.05, 4.69) is 15.5 Å². The zero-order chi connectivity index (χ0) is 18.6. The van der Waals surface area contributed by atoms with Gasteiger partial charge in [0.1, 0.15) is 0 Å². The Kier molecular flexibility index (Phi) is 5.38. The van der Waals surface area contributed by atoms with Crippen LogP contribution >= 0.6 is 0 Å². The van der Waals surface area contributed by atoms with E-state index in [-0.39, 0.29) is 23.7 Å². The fourth-order valence-electron chi connectivity index (χ4n) is 4.04. The van der Waals surface area contributed by atoms with E-state index >= 15 is 0 Å². The number of aromatic nitrogens is 2. The van der Waals surface area contributed by atoms with Gasteiger partial charge in [0.25, 0.3) is 5.91 Å². The number of ether oxygens (including phenoxy) is 1. The summed E-state index contributed by atoms with van der Waals surface area (Å²) in [7, 11) is 0. The molecule has 2 fully saturated rings. The van der Waals surface area contributed by atoms with Gasteiger partial charge in [-0.15, -0.1) is 0 Å². The van der Waals surface area contributed by atoms with Crippen LogP contribution in [0.4, 0.5) is 0 Å². The molecule has 2 aromatic rings. The maximum atomic E-state index is 12.9. The summed E-state index contributed by atoms with van der Waals surface area (Å²) in [6.45, 7) is 3.36. The average Bonchev–Trinajstić information content (AvgIpc) is 3.16. The molecule has 2 amide bonds. The Bertz CT molecular complexity index is 812. The minimum Gasteiger partial charge on any atom is -0.381 e. The van der Waals surface area contributed by atoms with Crippen LogP contribution in [0.25, 0.3) is 10.9 Å². The van der Waals surface area contributed by atoms with Gasteiger partial charge in [-0.1, -0.05) is 18.2 Å². The van der Waals surface area contributed by atoms with E-state index in [4.69, 9.17) is 4.74 Å². The zero-order valence-corrected chi connectivity index (χ0v) is 15.4. The van der Waals surface area contributed by atoms with Crippen molar-refractivity contribution in [1.82, 2.24) is 20.4 Å². The molecule has 27 heavy (non-hydrogen) atoms. The maximum absolute atomic E-state index is 12.9. The second-order valence-electron chi connectivity index (χ2n) is 7.51. The van der Waals surface area contributed by atoms with Crippen LogP contribution in [0.15, 0.2) is 24.3 Å². The van der Waals surface area contributed by atoms with Crippen LogP contribution in [-0.2, 0) is 9.53 Å². The first-order valence-electron chi connectivity index (χ1n) is 9.80. The highest BCUT2D eigenvalue weighted by Crippen LogP contribution is 2.22. The summed E-state index contributed by atoms with van der Waals surface area (Å²) in [5, 5.41) is 11.1. The van der Waals surface area contributed by atoms with Crippen LogP contribution in [0, 0.1) is 11.8 Å². The molecular formula is C20H26N4O3. The zero-order valence-electron chi connectivity index (χ0n) is 15.4. The Balaban J connectivity index is 1.35. The third-order valence-corrected chi connectivity index (χ3v) is 5.64. The van der Waals surface area contributed by atoms with Gasteiger partial charge >= 0.3 is 0 Å². The lowest BCUT2D eigenvalue weighted by molar-refractivity contribution is -0.128. The van der Waals surface area contributed by atoms with E-state index < -0.39 is 0 Å². The monoisotopic (exact) mass is 370 g/mol. The highest BCUT2D eigenvalue weighted by atomic mass is 16.5. The van der Waals surface area contributed by atoms with Crippen molar-refractivity contribution in [2.75, 3.05) is 32.8 Å². The van der Waals surface area contributed by atoms with Crippen molar-refractivity contribution in [1.29, 1.82) is 0 Å². The normalized spacial score (nSPS) is 21.3.